The van der Waals surface area contributed by atoms with Crippen molar-refractivity contribution < 1.29 is 5.11 Å². The van der Waals surface area contributed by atoms with Gasteiger partial charge in [0.15, 0.2) is 0 Å². The maximum Gasteiger partial charge on any atom is 0.0853 e. The van der Waals surface area contributed by atoms with E-state index in [0.717, 1.165) is 11.4 Å². The van der Waals surface area contributed by atoms with Gasteiger partial charge in [-0.25, -0.2) is 0 Å². The van der Waals surface area contributed by atoms with Gasteiger partial charge < -0.3 is 10.4 Å². The van der Waals surface area contributed by atoms with Gasteiger partial charge in [0.2, 0.25) is 0 Å². The Morgan fingerprint density at radius 3 is 2.37 bits per heavy atom. The van der Waals surface area contributed by atoms with Crippen molar-refractivity contribution in [3.05, 3.63) is 58.9 Å². The van der Waals surface area contributed by atoms with Gasteiger partial charge in [-0.1, -0.05) is 24.3 Å². The molecule has 2 N–H and O–H groups in total. The van der Waals surface area contributed by atoms with E-state index in [1.807, 2.05) is 18.2 Å². The van der Waals surface area contributed by atoms with Gasteiger partial charge in [-0.05, 0) is 44.0 Å². The van der Waals surface area contributed by atoms with Gasteiger partial charge in [0.25, 0.3) is 0 Å². The summed E-state index contributed by atoms with van der Waals surface area (Å²) in [5.74, 6) is 0. The molecule has 2 aromatic rings. The molecule has 0 radical (unpaired) electrons. The molecule has 0 aliphatic rings. The third-order valence-electron chi connectivity index (χ3n) is 3.28. The van der Waals surface area contributed by atoms with Crippen LogP contribution in [0.2, 0.25) is 0 Å². The predicted molar refractivity (Wildman–Crippen MR) is 78.1 cm³/mol. The number of benzene rings is 1. The minimum atomic E-state index is -0.0239. The van der Waals surface area contributed by atoms with Crippen molar-refractivity contribution >= 4 is 5.69 Å². The standard InChI is InChI=1S/C16H20N2O/c1-11-6-4-7-12(2)16(11)17-13(3)15-9-5-8-14(10-19)18-15/h4-9,13,17,19H,10H2,1-3H3/t13-/m0/s1. The van der Waals surface area contributed by atoms with Crippen LogP contribution in [0.5, 0.6) is 0 Å². The lowest BCUT2D eigenvalue weighted by atomic mass is 10.1. The van der Waals surface area contributed by atoms with E-state index in [4.69, 9.17) is 5.11 Å². The molecular weight excluding hydrogens is 236 g/mol. The van der Waals surface area contributed by atoms with Crippen molar-refractivity contribution in [2.24, 2.45) is 0 Å². The van der Waals surface area contributed by atoms with E-state index in [1.54, 1.807) is 0 Å². The fourth-order valence-corrected chi connectivity index (χ4v) is 2.16. The smallest absolute Gasteiger partial charge is 0.0853 e. The average Bonchev–Trinajstić information content (AvgIpc) is 2.43. The fourth-order valence-electron chi connectivity index (χ4n) is 2.16. The van der Waals surface area contributed by atoms with Crippen LogP contribution in [0, 0.1) is 13.8 Å². The Kier molecular flexibility index (Phi) is 4.17. The number of aliphatic hydroxyl groups excluding tert-OH is 1. The highest BCUT2D eigenvalue weighted by Gasteiger charge is 2.10. The van der Waals surface area contributed by atoms with Crippen LogP contribution in [0.1, 0.15) is 35.5 Å². The quantitative estimate of drug-likeness (QED) is 0.881. The van der Waals surface area contributed by atoms with E-state index in [9.17, 15) is 0 Å². The molecule has 0 bridgehead atoms. The second-order valence-electron chi connectivity index (χ2n) is 4.84. The van der Waals surface area contributed by atoms with Gasteiger partial charge >= 0.3 is 0 Å². The topological polar surface area (TPSA) is 45.1 Å². The van der Waals surface area contributed by atoms with E-state index in [2.05, 4.69) is 49.3 Å². The summed E-state index contributed by atoms with van der Waals surface area (Å²) in [5.41, 5.74) is 5.25. The zero-order valence-electron chi connectivity index (χ0n) is 11.6. The first kappa shape index (κ1) is 13.6. The van der Waals surface area contributed by atoms with Crippen LogP contribution in [0.25, 0.3) is 0 Å². The average molecular weight is 256 g/mol. The number of anilines is 1. The summed E-state index contributed by atoms with van der Waals surface area (Å²) >= 11 is 0. The highest BCUT2D eigenvalue weighted by Crippen LogP contribution is 2.24. The predicted octanol–water partition coefficient (Wildman–Crippen LogP) is 3.36. The Morgan fingerprint density at radius 2 is 1.74 bits per heavy atom. The van der Waals surface area contributed by atoms with Crippen molar-refractivity contribution in [2.75, 3.05) is 5.32 Å². The van der Waals surface area contributed by atoms with Crippen molar-refractivity contribution in [1.29, 1.82) is 0 Å². The molecule has 0 aliphatic heterocycles. The van der Waals surface area contributed by atoms with Gasteiger partial charge in [0.1, 0.15) is 0 Å². The lowest BCUT2D eigenvalue weighted by Gasteiger charge is -2.19. The molecule has 1 heterocycles. The number of aliphatic hydroxyl groups is 1. The summed E-state index contributed by atoms with van der Waals surface area (Å²) in [5, 5.41) is 12.6. The second-order valence-corrected chi connectivity index (χ2v) is 4.84. The second kappa shape index (κ2) is 5.85. The first-order chi connectivity index (χ1) is 9.11. The minimum Gasteiger partial charge on any atom is -0.390 e. The van der Waals surface area contributed by atoms with Gasteiger partial charge in [-0.3, -0.25) is 4.98 Å². The molecule has 0 amide bonds. The Morgan fingerprint density at radius 1 is 1.11 bits per heavy atom. The zero-order chi connectivity index (χ0) is 13.8. The summed E-state index contributed by atoms with van der Waals surface area (Å²) in [4.78, 5) is 4.43. The van der Waals surface area contributed by atoms with E-state index in [1.165, 1.54) is 11.1 Å². The van der Waals surface area contributed by atoms with Crippen LogP contribution >= 0.6 is 0 Å². The fraction of sp³-hybridized carbons (Fsp3) is 0.312. The highest BCUT2D eigenvalue weighted by molar-refractivity contribution is 5.57. The van der Waals surface area contributed by atoms with Crippen LogP contribution in [0.4, 0.5) is 5.69 Å². The van der Waals surface area contributed by atoms with Gasteiger partial charge in [0, 0.05) is 5.69 Å². The maximum absolute atomic E-state index is 9.14. The Hall–Kier alpha value is -1.87. The summed E-state index contributed by atoms with van der Waals surface area (Å²) in [7, 11) is 0. The highest BCUT2D eigenvalue weighted by atomic mass is 16.3. The molecule has 3 nitrogen and oxygen atoms in total. The third kappa shape index (κ3) is 3.12. The van der Waals surface area contributed by atoms with Crippen LogP contribution in [-0.4, -0.2) is 10.1 Å². The monoisotopic (exact) mass is 256 g/mol. The van der Waals surface area contributed by atoms with E-state index < -0.39 is 0 Å². The number of aryl methyl sites for hydroxylation is 2. The molecule has 100 valence electrons. The molecule has 0 saturated carbocycles. The molecule has 0 saturated heterocycles. The molecule has 1 aromatic carbocycles. The number of nitrogens with zero attached hydrogens (tertiary/aromatic N) is 1. The van der Waals surface area contributed by atoms with Gasteiger partial charge in [-0.15, -0.1) is 0 Å². The molecule has 0 aliphatic carbocycles. The van der Waals surface area contributed by atoms with Crippen molar-refractivity contribution in [2.45, 2.75) is 33.4 Å². The number of rotatable bonds is 4. The summed E-state index contributed by atoms with van der Waals surface area (Å²) in [6.07, 6.45) is 0. The molecule has 2 rings (SSSR count). The first-order valence-electron chi connectivity index (χ1n) is 6.51. The van der Waals surface area contributed by atoms with Crippen LogP contribution in [0.15, 0.2) is 36.4 Å². The summed E-state index contributed by atoms with van der Waals surface area (Å²) in [6.45, 7) is 6.25. The molecule has 0 unspecified atom stereocenters. The lowest BCUT2D eigenvalue weighted by Crippen LogP contribution is -2.11. The van der Waals surface area contributed by atoms with Crippen molar-refractivity contribution in [1.82, 2.24) is 4.98 Å². The van der Waals surface area contributed by atoms with Gasteiger partial charge in [-0.2, -0.15) is 0 Å². The van der Waals surface area contributed by atoms with Gasteiger partial charge in [0.05, 0.1) is 24.0 Å². The summed E-state index contributed by atoms with van der Waals surface area (Å²) < 4.78 is 0. The van der Waals surface area contributed by atoms with E-state index in [-0.39, 0.29) is 12.6 Å². The Balaban J connectivity index is 2.23. The molecular formula is C16H20N2O. The molecule has 0 fully saturated rings. The number of pyridine rings is 1. The van der Waals surface area contributed by atoms with Crippen LogP contribution in [0.3, 0.4) is 0 Å². The number of hydrogen-bond donors (Lipinski definition) is 2. The van der Waals surface area contributed by atoms with Crippen LogP contribution < -0.4 is 5.32 Å². The summed E-state index contributed by atoms with van der Waals surface area (Å²) in [6, 6.07) is 12.1. The van der Waals surface area contributed by atoms with E-state index >= 15 is 0 Å². The SMILES string of the molecule is Cc1cccc(C)c1N[C@@H](C)c1cccc(CO)n1. The molecule has 19 heavy (non-hydrogen) atoms. The number of aromatic nitrogens is 1. The maximum atomic E-state index is 9.14. The van der Waals surface area contributed by atoms with Crippen molar-refractivity contribution in [3.8, 4) is 0 Å². The number of hydrogen-bond acceptors (Lipinski definition) is 3. The Bertz CT molecular complexity index is 546. The van der Waals surface area contributed by atoms with E-state index in [0.29, 0.717) is 5.69 Å². The normalized spacial score (nSPS) is 12.2. The third-order valence-corrected chi connectivity index (χ3v) is 3.28. The Labute approximate surface area is 114 Å². The largest absolute Gasteiger partial charge is 0.390 e. The lowest BCUT2D eigenvalue weighted by molar-refractivity contribution is 0.276. The molecule has 1 aromatic heterocycles. The molecule has 3 heteroatoms. The zero-order valence-corrected chi connectivity index (χ0v) is 11.6. The number of para-hydroxylation sites is 1. The van der Waals surface area contributed by atoms with Crippen LogP contribution in [-0.2, 0) is 6.61 Å². The van der Waals surface area contributed by atoms with Crippen molar-refractivity contribution in [3.63, 3.8) is 0 Å². The number of nitrogens with one attached hydrogen (secondary N) is 1. The molecule has 1 atom stereocenters. The first-order valence-corrected chi connectivity index (χ1v) is 6.51. The minimum absolute atomic E-state index is 0.0239. The molecule has 0 spiro atoms.